The fourth-order valence-electron chi connectivity index (χ4n) is 3.97. The van der Waals surface area contributed by atoms with Gasteiger partial charge in [0.2, 0.25) is 0 Å². The first-order chi connectivity index (χ1) is 22.2. The van der Waals surface area contributed by atoms with E-state index in [-0.39, 0.29) is 23.0 Å². The Morgan fingerprint density at radius 2 is 0.375 bits per heavy atom. The molecule has 3 heterocycles. The highest BCUT2D eigenvalue weighted by Crippen LogP contribution is 2.20. The predicted octanol–water partition coefficient (Wildman–Crippen LogP) is 7.94. The van der Waals surface area contributed by atoms with Gasteiger partial charge in [0, 0.05) is 12.1 Å². The van der Waals surface area contributed by atoms with Gasteiger partial charge in [-0.25, -0.2) is 0 Å². The molecule has 0 spiro atoms. The first kappa shape index (κ1) is 40.9. The molecule has 258 valence electrons. The minimum absolute atomic E-state index is 0.104. The van der Waals surface area contributed by atoms with Gasteiger partial charge in [0.1, 0.15) is 23.0 Å². The van der Waals surface area contributed by atoms with Crippen LogP contribution in [0.15, 0.2) is 36.4 Å². The molecule has 0 aliphatic heterocycles. The number of rotatable bonds is 0. The first-order valence-electron chi connectivity index (χ1n) is 15.5. The number of aryl methyl sites for hydroxylation is 14. The van der Waals surface area contributed by atoms with Crippen LogP contribution in [0.25, 0.3) is 0 Å². The molecule has 10 heteroatoms. The van der Waals surface area contributed by atoms with Crippen LogP contribution in [-0.2, 0) is 0 Å². The number of hydrogen-bond donors (Lipinski definition) is 4. The average molecular weight is 657 g/mol. The third-order valence-corrected chi connectivity index (χ3v) is 7.25. The zero-order valence-corrected chi connectivity index (χ0v) is 30.9. The summed E-state index contributed by atoms with van der Waals surface area (Å²) in [4.78, 5) is 25.9. The number of phenols is 4. The van der Waals surface area contributed by atoms with Crippen LogP contribution < -0.4 is 0 Å². The molecule has 0 saturated heterocycles. The molecule has 10 nitrogen and oxygen atoms in total. The highest BCUT2D eigenvalue weighted by Gasteiger charge is 2.00. The van der Waals surface area contributed by atoms with Gasteiger partial charge in [0.05, 0.1) is 68.3 Å². The van der Waals surface area contributed by atoms with Crippen LogP contribution in [0.2, 0.25) is 0 Å². The molecule has 0 atom stereocenters. The van der Waals surface area contributed by atoms with E-state index < -0.39 is 0 Å². The van der Waals surface area contributed by atoms with Crippen LogP contribution in [0.1, 0.15) is 79.5 Å². The second kappa shape index (κ2) is 18.9. The molecule has 0 aliphatic carbocycles. The maximum atomic E-state index is 8.83. The second-order valence-corrected chi connectivity index (χ2v) is 11.7. The van der Waals surface area contributed by atoms with E-state index in [1.165, 1.54) is 12.1 Å². The van der Waals surface area contributed by atoms with E-state index in [0.717, 1.165) is 79.5 Å². The first-order valence-corrected chi connectivity index (χ1v) is 15.5. The van der Waals surface area contributed by atoms with Crippen molar-refractivity contribution in [3.05, 3.63) is 116 Å². The number of aromatic nitrogens is 6. The molecule has 0 aliphatic rings. The third-order valence-electron chi connectivity index (χ3n) is 7.25. The SMILES string of the molecule is Cc1cc(O)cc(O)c1.Cc1cc(O)cc(O)c1.Cc1nc(C)c(C)nc1C.Cc1nc(C)c(C)nc1C.Cc1nc(C)c(C)nc1C. The summed E-state index contributed by atoms with van der Waals surface area (Å²) in [5, 5.41) is 35.3. The third kappa shape index (κ3) is 14.5. The smallest absolute Gasteiger partial charge is 0.119 e. The normalized spacial score (nSPS) is 9.79. The van der Waals surface area contributed by atoms with Gasteiger partial charge in [-0.1, -0.05) is 0 Å². The van der Waals surface area contributed by atoms with Crippen molar-refractivity contribution in [2.24, 2.45) is 0 Å². The lowest BCUT2D eigenvalue weighted by molar-refractivity contribution is 0.448. The minimum atomic E-state index is 0.104. The Kier molecular flexibility index (Phi) is 16.1. The lowest BCUT2D eigenvalue weighted by Crippen LogP contribution is -1.97. The van der Waals surface area contributed by atoms with Crippen LogP contribution in [0.5, 0.6) is 23.0 Å². The summed E-state index contributed by atoms with van der Waals surface area (Å²) in [6.45, 7) is 27.4. The van der Waals surface area contributed by atoms with Gasteiger partial charge >= 0.3 is 0 Å². The molecular weight excluding hydrogens is 604 g/mol. The Bertz CT molecular complexity index is 1390. The summed E-state index contributed by atoms with van der Waals surface area (Å²) in [5.74, 6) is 0.417. The van der Waals surface area contributed by atoms with Gasteiger partial charge < -0.3 is 20.4 Å². The molecule has 3 aromatic heterocycles. The van der Waals surface area contributed by atoms with Crippen LogP contribution in [-0.4, -0.2) is 50.3 Å². The second-order valence-electron chi connectivity index (χ2n) is 11.7. The number of aromatic hydroxyl groups is 4. The molecule has 2 aromatic carbocycles. The predicted molar refractivity (Wildman–Crippen MR) is 192 cm³/mol. The van der Waals surface area contributed by atoms with Gasteiger partial charge in [0.25, 0.3) is 0 Å². The molecular formula is C38H52N6O4. The molecule has 0 saturated carbocycles. The topological polar surface area (TPSA) is 158 Å². The van der Waals surface area contributed by atoms with Crippen LogP contribution in [0, 0.1) is 96.9 Å². The summed E-state index contributed by atoms with van der Waals surface area (Å²) in [5.41, 5.74) is 14.1. The van der Waals surface area contributed by atoms with E-state index >= 15 is 0 Å². The van der Waals surface area contributed by atoms with Crippen LogP contribution in [0.4, 0.5) is 0 Å². The van der Waals surface area contributed by atoms with Crippen molar-refractivity contribution in [2.75, 3.05) is 0 Å². The Balaban J connectivity index is 0.000000300. The van der Waals surface area contributed by atoms with Gasteiger partial charge in [-0.2, -0.15) is 0 Å². The largest absolute Gasteiger partial charge is 0.508 e. The number of benzene rings is 2. The number of hydrogen-bond acceptors (Lipinski definition) is 10. The molecule has 0 unspecified atom stereocenters. The molecule has 0 amide bonds. The summed E-state index contributed by atoms with van der Waals surface area (Å²) < 4.78 is 0. The van der Waals surface area contributed by atoms with Crippen molar-refractivity contribution >= 4 is 0 Å². The molecule has 5 aromatic rings. The Hall–Kier alpha value is -5.12. The van der Waals surface area contributed by atoms with Gasteiger partial charge in [-0.05, 0) is 132 Å². The van der Waals surface area contributed by atoms with Gasteiger partial charge in [0.15, 0.2) is 0 Å². The van der Waals surface area contributed by atoms with Crippen LogP contribution in [0.3, 0.4) is 0 Å². The van der Waals surface area contributed by atoms with Gasteiger partial charge in [-0.15, -0.1) is 0 Å². The van der Waals surface area contributed by atoms with E-state index in [2.05, 4.69) is 29.9 Å². The molecule has 48 heavy (non-hydrogen) atoms. The van der Waals surface area contributed by atoms with Gasteiger partial charge in [-0.3, -0.25) is 29.9 Å². The monoisotopic (exact) mass is 656 g/mol. The number of phenolic OH excluding ortho intramolecular Hbond substituents is 4. The quantitative estimate of drug-likeness (QED) is 0.129. The average Bonchev–Trinajstić information content (AvgIpc) is 2.94. The van der Waals surface area contributed by atoms with Crippen molar-refractivity contribution in [2.45, 2.75) is 96.9 Å². The summed E-state index contributed by atoms with van der Waals surface area (Å²) in [7, 11) is 0. The van der Waals surface area contributed by atoms with E-state index in [1.807, 2.05) is 83.1 Å². The molecule has 4 N–H and O–H groups in total. The molecule has 0 fully saturated rings. The standard InChI is InChI=1S/3C8H12N2.2C7H8O2/c3*1-5-6(2)10-8(4)7(3)9-5;2*1-5-2-6(8)4-7(9)3-5/h3*1-4H3;2*2-4,8-9H,1H3. The van der Waals surface area contributed by atoms with Crippen molar-refractivity contribution < 1.29 is 20.4 Å². The number of nitrogens with zero attached hydrogens (tertiary/aromatic N) is 6. The highest BCUT2D eigenvalue weighted by atomic mass is 16.3. The zero-order valence-electron chi connectivity index (χ0n) is 30.9. The van der Waals surface area contributed by atoms with E-state index in [0.29, 0.717) is 0 Å². The van der Waals surface area contributed by atoms with E-state index in [4.69, 9.17) is 20.4 Å². The summed E-state index contributed by atoms with van der Waals surface area (Å²) in [6.07, 6.45) is 0. The maximum absolute atomic E-state index is 8.83. The van der Waals surface area contributed by atoms with Crippen molar-refractivity contribution in [1.82, 2.24) is 29.9 Å². The fraction of sp³-hybridized carbons (Fsp3) is 0.368. The zero-order chi connectivity index (χ0) is 36.9. The van der Waals surface area contributed by atoms with Crippen LogP contribution >= 0.6 is 0 Å². The van der Waals surface area contributed by atoms with Crippen molar-refractivity contribution in [1.29, 1.82) is 0 Å². The highest BCUT2D eigenvalue weighted by molar-refractivity contribution is 5.36. The fourth-order valence-corrected chi connectivity index (χ4v) is 3.97. The lowest BCUT2D eigenvalue weighted by Gasteiger charge is -2.01. The maximum Gasteiger partial charge on any atom is 0.119 e. The Labute approximate surface area is 285 Å². The lowest BCUT2D eigenvalue weighted by atomic mass is 10.2. The van der Waals surface area contributed by atoms with Crippen molar-refractivity contribution in [3.63, 3.8) is 0 Å². The molecule has 0 radical (unpaired) electrons. The van der Waals surface area contributed by atoms with E-state index in [1.54, 1.807) is 38.1 Å². The summed E-state index contributed by atoms with van der Waals surface area (Å²) in [6, 6.07) is 8.93. The Morgan fingerprint density at radius 3 is 0.479 bits per heavy atom. The van der Waals surface area contributed by atoms with E-state index in [9.17, 15) is 0 Å². The van der Waals surface area contributed by atoms with Crippen molar-refractivity contribution in [3.8, 4) is 23.0 Å². The Morgan fingerprint density at radius 1 is 0.250 bits per heavy atom. The summed E-state index contributed by atoms with van der Waals surface area (Å²) >= 11 is 0. The molecule has 5 rings (SSSR count). The molecule has 0 bridgehead atoms. The minimum Gasteiger partial charge on any atom is -0.508 e.